The summed E-state index contributed by atoms with van der Waals surface area (Å²) in [5.74, 6) is 0. The molecule has 2 radical (unpaired) electrons. The molecule has 0 unspecified atom stereocenters. The fraction of sp³-hybridized carbons (Fsp3) is 0.500. The third kappa shape index (κ3) is 5.64. The van der Waals surface area contributed by atoms with Crippen molar-refractivity contribution in [2.75, 3.05) is 32.1 Å². The summed E-state index contributed by atoms with van der Waals surface area (Å²) in [5, 5.41) is 0. The summed E-state index contributed by atoms with van der Waals surface area (Å²) in [6.07, 6.45) is 0. The van der Waals surface area contributed by atoms with E-state index < -0.39 is 0 Å². The Bertz CT molecular complexity index is 452. The van der Waals surface area contributed by atoms with Gasteiger partial charge in [0.1, 0.15) is 0 Å². The lowest BCUT2D eigenvalue weighted by atomic mass is 9.91. The third-order valence-electron chi connectivity index (χ3n) is 2.76. The van der Waals surface area contributed by atoms with Crippen LogP contribution in [-0.2, 0) is 0 Å². The van der Waals surface area contributed by atoms with E-state index >= 15 is 0 Å². The summed E-state index contributed by atoms with van der Waals surface area (Å²) in [5.41, 5.74) is 2.24. The summed E-state index contributed by atoms with van der Waals surface area (Å²) in [4.78, 5) is 5.63. The molecule has 0 aromatic heterocycles. The average Bonchev–Trinajstić information content (AvgIpc) is 2.28. The van der Waals surface area contributed by atoms with Crippen LogP contribution in [0.25, 0.3) is 0 Å². The second-order valence-electron chi connectivity index (χ2n) is 5.86. The van der Waals surface area contributed by atoms with Gasteiger partial charge in [0.15, 0.2) is 0 Å². The number of nitrogens with zero attached hydrogens (tertiary/aromatic N) is 2. The molecule has 0 aliphatic carbocycles. The van der Waals surface area contributed by atoms with Crippen molar-refractivity contribution >= 4 is 25.3 Å². The first kappa shape index (κ1) is 17.2. The van der Waals surface area contributed by atoms with Gasteiger partial charge in [0.25, 0.3) is 0 Å². The highest BCUT2D eigenvalue weighted by atomic mass is 32.2. The first-order valence-corrected chi connectivity index (χ1v) is 7.67. The summed E-state index contributed by atoms with van der Waals surface area (Å²) >= 11 is 1.69. The van der Waals surface area contributed by atoms with Gasteiger partial charge in [-0.1, -0.05) is 32.6 Å². The lowest BCUT2D eigenvalue weighted by Gasteiger charge is -2.30. The molecule has 1 rings (SSSR count). The summed E-state index contributed by atoms with van der Waals surface area (Å²) in [6, 6.07) is 8.38. The molecule has 0 N–H and O–H groups in total. The highest BCUT2D eigenvalue weighted by Gasteiger charge is 2.17. The van der Waals surface area contributed by atoms with Crippen LogP contribution in [0, 0.1) is 0 Å². The molecular weight excluding hydrogens is 263 g/mol. The van der Waals surface area contributed by atoms with Crippen molar-refractivity contribution in [1.82, 2.24) is 4.90 Å². The van der Waals surface area contributed by atoms with Gasteiger partial charge in [-0.15, -0.1) is 11.8 Å². The number of hydrogen-bond donors (Lipinski definition) is 0. The van der Waals surface area contributed by atoms with E-state index in [1.54, 1.807) is 11.8 Å². The second kappa shape index (κ2) is 7.23. The molecule has 0 amide bonds. The van der Waals surface area contributed by atoms with Gasteiger partial charge in [0, 0.05) is 23.7 Å². The van der Waals surface area contributed by atoms with E-state index in [2.05, 4.69) is 54.7 Å². The lowest BCUT2D eigenvalue weighted by molar-refractivity contribution is 0.417. The van der Waals surface area contributed by atoms with E-state index in [-0.39, 0.29) is 4.65 Å². The van der Waals surface area contributed by atoms with Crippen LogP contribution in [0.4, 0.5) is 5.69 Å². The van der Waals surface area contributed by atoms with Gasteiger partial charge in [0.2, 0.25) is 0 Å². The zero-order valence-corrected chi connectivity index (χ0v) is 14.1. The predicted octanol–water partition coefficient (Wildman–Crippen LogP) is 3.58. The van der Waals surface area contributed by atoms with Crippen LogP contribution in [0.15, 0.2) is 41.4 Å². The van der Waals surface area contributed by atoms with Crippen LogP contribution in [0.2, 0.25) is 0 Å². The maximum Gasteiger partial charge on any atom is 0.0890 e. The van der Waals surface area contributed by atoms with Gasteiger partial charge >= 0.3 is 0 Å². The zero-order chi connectivity index (χ0) is 15.3. The van der Waals surface area contributed by atoms with Crippen LogP contribution in [0.1, 0.15) is 20.8 Å². The third-order valence-corrected chi connectivity index (χ3v) is 3.85. The minimum absolute atomic E-state index is 0.293. The van der Waals surface area contributed by atoms with E-state index in [0.717, 1.165) is 18.8 Å². The highest BCUT2D eigenvalue weighted by molar-refractivity contribution is 8.01. The van der Waals surface area contributed by atoms with Gasteiger partial charge in [-0.3, -0.25) is 0 Å². The van der Waals surface area contributed by atoms with Crippen LogP contribution in [0.5, 0.6) is 0 Å². The molecule has 0 saturated heterocycles. The Morgan fingerprint density at radius 2 is 1.85 bits per heavy atom. The Kier molecular flexibility index (Phi) is 6.21. The van der Waals surface area contributed by atoms with Crippen LogP contribution >= 0.6 is 11.8 Å². The van der Waals surface area contributed by atoms with Gasteiger partial charge < -0.3 is 9.80 Å². The maximum atomic E-state index is 6.15. The summed E-state index contributed by atoms with van der Waals surface area (Å²) in [6.45, 7) is 12.1. The quantitative estimate of drug-likeness (QED) is 0.559. The molecule has 0 heterocycles. The SMILES string of the molecule is [B]C(C)(C)Sc1ccccc1N(CCN(C)C)C(=C)C. The normalized spacial score (nSPS) is 11.7. The average molecular weight is 288 g/mol. The Hall–Kier alpha value is -0.865. The Labute approximate surface area is 129 Å². The number of rotatable bonds is 7. The summed E-state index contributed by atoms with van der Waals surface area (Å²) < 4.78 is -0.293. The molecule has 0 fully saturated rings. The molecule has 20 heavy (non-hydrogen) atoms. The second-order valence-corrected chi connectivity index (χ2v) is 7.56. The number of likely N-dealkylation sites (N-methyl/N-ethyl adjacent to an activating group) is 1. The number of hydrogen-bond acceptors (Lipinski definition) is 3. The first-order chi connectivity index (χ1) is 9.20. The van der Waals surface area contributed by atoms with Crippen LogP contribution < -0.4 is 4.90 Å². The zero-order valence-electron chi connectivity index (χ0n) is 13.3. The van der Waals surface area contributed by atoms with Crippen molar-refractivity contribution in [3.63, 3.8) is 0 Å². The Morgan fingerprint density at radius 1 is 1.25 bits per heavy atom. The first-order valence-electron chi connectivity index (χ1n) is 6.85. The van der Waals surface area contributed by atoms with Crippen molar-refractivity contribution in [2.45, 2.75) is 30.3 Å². The van der Waals surface area contributed by atoms with E-state index in [1.165, 1.54) is 10.6 Å². The number of benzene rings is 1. The predicted molar refractivity (Wildman–Crippen MR) is 92.8 cm³/mol. The van der Waals surface area contributed by atoms with Crippen LogP contribution in [-0.4, -0.2) is 44.6 Å². The van der Waals surface area contributed by atoms with Crippen molar-refractivity contribution in [1.29, 1.82) is 0 Å². The Balaban J connectivity index is 3.04. The molecule has 0 bridgehead atoms. The summed E-state index contributed by atoms with van der Waals surface area (Å²) in [7, 11) is 10.3. The topological polar surface area (TPSA) is 6.48 Å². The smallest absolute Gasteiger partial charge is 0.0890 e. The molecule has 1 aromatic rings. The standard InChI is InChI=1S/C16H25BN2S/c1-13(2)19(12-11-18(5)6)14-9-7-8-10-15(14)20-16(3,4)17/h7-10H,1,11-12H2,2-6H3. The molecule has 0 saturated carbocycles. The molecule has 0 aliphatic heterocycles. The van der Waals surface area contributed by atoms with Crippen molar-refractivity contribution in [3.8, 4) is 0 Å². The fourth-order valence-electron chi connectivity index (χ4n) is 1.87. The van der Waals surface area contributed by atoms with Crippen LogP contribution in [0.3, 0.4) is 0 Å². The van der Waals surface area contributed by atoms with E-state index in [1.807, 2.05) is 20.8 Å². The molecular formula is C16H25BN2S. The van der Waals surface area contributed by atoms with Crippen molar-refractivity contribution < 1.29 is 0 Å². The molecule has 1 aromatic carbocycles. The highest BCUT2D eigenvalue weighted by Crippen LogP contribution is 2.37. The monoisotopic (exact) mass is 288 g/mol. The van der Waals surface area contributed by atoms with Gasteiger partial charge in [-0.25, -0.2) is 0 Å². The van der Waals surface area contributed by atoms with Gasteiger partial charge in [-0.2, -0.15) is 0 Å². The molecule has 0 spiro atoms. The van der Waals surface area contributed by atoms with E-state index in [4.69, 9.17) is 7.85 Å². The largest absolute Gasteiger partial charge is 0.344 e. The molecule has 108 valence electrons. The molecule has 2 nitrogen and oxygen atoms in total. The maximum absolute atomic E-state index is 6.15. The fourth-order valence-corrected chi connectivity index (χ4v) is 2.86. The van der Waals surface area contributed by atoms with Crippen molar-refractivity contribution in [2.24, 2.45) is 0 Å². The van der Waals surface area contributed by atoms with Gasteiger partial charge in [0.05, 0.1) is 13.5 Å². The minimum atomic E-state index is -0.293. The number of para-hydroxylation sites is 1. The number of anilines is 1. The molecule has 0 aliphatic rings. The minimum Gasteiger partial charge on any atom is -0.344 e. The Morgan fingerprint density at radius 3 is 2.35 bits per heavy atom. The van der Waals surface area contributed by atoms with E-state index in [0.29, 0.717) is 0 Å². The van der Waals surface area contributed by atoms with E-state index in [9.17, 15) is 0 Å². The number of thioether (sulfide) groups is 1. The van der Waals surface area contributed by atoms with Crippen molar-refractivity contribution in [3.05, 3.63) is 36.5 Å². The molecule has 4 heteroatoms. The molecule has 0 atom stereocenters. The lowest BCUT2D eigenvalue weighted by Crippen LogP contribution is -2.30. The number of allylic oxidation sites excluding steroid dienone is 1. The van der Waals surface area contributed by atoms with Gasteiger partial charge in [-0.05, 0) is 37.8 Å².